The summed E-state index contributed by atoms with van der Waals surface area (Å²) in [6.07, 6.45) is 4.38. The average molecular weight is 373 g/mol. The summed E-state index contributed by atoms with van der Waals surface area (Å²) < 4.78 is 7.28. The number of para-hydroxylation sites is 1. The van der Waals surface area contributed by atoms with Crippen molar-refractivity contribution < 1.29 is 9.84 Å². The summed E-state index contributed by atoms with van der Waals surface area (Å²) in [7, 11) is 1.54. The molecule has 4 aromatic rings. The molecule has 2 aromatic carbocycles. The van der Waals surface area contributed by atoms with Gasteiger partial charge in [-0.2, -0.15) is 5.10 Å². The van der Waals surface area contributed by atoms with Crippen LogP contribution in [0.5, 0.6) is 11.5 Å². The Balaban J connectivity index is 1.58. The van der Waals surface area contributed by atoms with E-state index in [4.69, 9.17) is 4.74 Å². The molecule has 0 saturated carbocycles. The average Bonchev–Trinajstić information content (AvgIpc) is 3.16. The van der Waals surface area contributed by atoms with Gasteiger partial charge in [0.05, 0.1) is 36.7 Å². The van der Waals surface area contributed by atoms with Crippen LogP contribution >= 0.6 is 0 Å². The minimum absolute atomic E-state index is 0.0720. The van der Waals surface area contributed by atoms with Gasteiger partial charge in [-0.25, -0.2) is 14.6 Å². The number of methoxy groups -OCH3 is 1. The predicted molar refractivity (Wildman–Crippen MR) is 106 cm³/mol. The Labute approximate surface area is 161 Å². The first-order valence-corrected chi connectivity index (χ1v) is 9.12. The zero-order valence-electron chi connectivity index (χ0n) is 15.4. The van der Waals surface area contributed by atoms with E-state index in [2.05, 4.69) is 32.1 Å². The smallest absolute Gasteiger partial charge is 0.161 e. The maximum absolute atomic E-state index is 10.1. The second-order valence-corrected chi connectivity index (χ2v) is 6.77. The quantitative estimate of drug-likeness (QED) is 0.595. The molecule has 0 aliphatic carbocycles. The molecule has 0 unspecified atom stereocenters. The van der Waals surface area contributed by atoms with Gasteiger partial charge >= 0.3 is 0 Å². The Morgan fingerprint density at radius 1 is 1.11 bits per heavy atom. The summed E-state index contributed by atoms with van der Waals surface area (Å²) in [5.74, 6) is 1.31. The van der Waals surface area contributed by atoms with E-state index in [0.29, 0.717) is 17.8 Å². The monoisotopic (exact) mass is 373 g/mol. The van der Waals surface area contributed by atoms with Crippen molar-refractivity contribution >= 4 is 16.7 Å². The van der Waals surface area contributed by atoms with Crippen LogP contribution < -0.4 is 9.64 Å². The van der Waals surface area contributed by atoms with Crippen LogP contribution in [0, 0.1) is 0 Å². The van der Waals surface area contributed by atoms with Crippen molar-refractivity contribution in [1.29, 1.82) is 0 Å². The molecule has 28 heavy (non-hydrogen) atoms. The number of benzene rings is 2. The largest absolute Gasteiger partial charge is 0.504 e. The first-order valence-electron chi connectivity index (χ1n) is 9.12. The summed E-state index contributed by atoms with van der Waals surface area (Å²) >= 11 is 0. The summed E-state index contributed by atoms with van der Waals surface area (Å²) in [5, 5.41) is 15.5. The molecular formula is C21H19N5O2. The minimum atomic E-state index is 0.0720. The van der Waals surface area contributed by atoms with Gasteiger partial charge in [0.25, 0.3) is 0 Å². The van der Waals surface area contributed by atoms with Gasteiger partial charge in [0, 0.05) is 18.0 Å². The van der Waals surface area contributed by atoms with Gasteiger partial charge in [-0.05, 0) is 30.2 Å². The Kier molecular flexibility index (Phi) is 3.86. The van der Waals surface area contributed by atoms with Gasteiger partial charge in [-0.3, -0.25) is 0 Å². The lowest BCUT2D eigenvalue weighted by molar-refractivity contribution is 0.374. The molecule has 1 aliphatic rings. The molecule has 0 atom stereocenters. The van der Waals surface area contributed by atoms with Crippen LogP contribution in [0.4, 0.5) is 5.82 Å². The van der Waals surface area contributed by atoms with Crippen molar-refractivity contribution in [3.05, 3.63) is 66.2 Å². The number of fused-ring (bicyclic) bond motifs is 2. The summed E-state index contributed by atoms with van der Waals surface area (Å²) in [6.45, 7) is 1.53. The lowest BCUT2D eigenvalue weighted by atomic mass is 10.1. The maximum Gasteiger partial charge on any atom is 0.161 e. The zero-order valence-corrected chi connectivity index (χ0v) is 15.4. The molecular weight excluding hydrogens is 354 g/mol. The predicted octanol–water partition coefficient (Wildman–Crippen LogP) is 3.09. The van der Waals surface area contributed by atoms with E-state index < -0.39 is 0 Å². The van der Waals surface area contributed by atoms with Crippen LogP contribution in [0.3, 0.4) is 0 Å². The van der Waals surface area contributed by atoms with E-state index in [9.17, 15) is 5.11 Å². The standard InChI is InChI=1S/C21H19N5O2/c1-28-20-9-16-17(10-19(20)27)22-13-23-21(16)25-8-7-14-11-24-26(18(14)12-25)15-5-3-2-4-6-15/h2-6,9-11,13,27H,7-8,12H2,1H3. The van der Waals surface area contributed by atoms with Crippen molar-refractivity contribution in [2.45, 2.75) is 13.0 Å². The van der Waals surface area contributed by atoms with Crippen molar-refractivity contribution in [3.8, 4) is 17.2 Å². The molecule has 140 valence electrons. The van der Waals surface area contributed by atoms with Crippen molar-refractivity contribution in [1.82, 2.24) is 19.7 Å². The highest BCUT2D eigenvalue weighted by atomic mass is 16.5. The summed E-state index contributed by atoms with van der Waals surface area (Å²) in [5.41, 5.74) is 4.15. The molecule has 2 aromatic heterocycles. The number of hydrogen-bond donors (Lipinski definition) is 1. The normalized spacial score (nSPS) is 13.5. The molecule has 0 amide bonds. The van der Waals surface area contributed by atoms with Gasteiger partial charge in [0.1, 0.15) is 12.1 Å². The van der Waals surface area contributed by atoms with Crippen LogP contribution in [0.25, 0.3) is 16.6 Å². The van der Waals surface area contributed by atoms with E-state index in [0.717, 1.165) is 35.6 Å². The zero-order chi connectivity index (χ0) is 19.1. The molecule has 3 heterocycles. The van der Waals surface area contributed by atoms with Crippen LogP contribution in [-0.4, -0.2) is 38.5 Å². The molecule has 0 spiro atoms. The Bertz CT molecular complexity index is 1160. The van der Waals surface area contributed by atoms with Gasteiger partial charge in [-0.15, -0.1) is 0 Å². The number of anilines is 1. The second kappa shape index (κ2) is 6.53. The molecule has 5 rings (SSSR count). The lowest BCUT2D eigenvalue weighted by Crippen LogP contribution is -2.32. The fourth-order valence-corrected chi connectivity index (χ4v) is 3.75. The number of hydrogen-bond acceptors (Lipinski definition) is 6. The van der Waals surface area contributed by atoms with Crippen molar-refractivity contribution in [3.63, 3.8) is 0 Å². The van der Waals surface area contributed by atoms with Gasteiger partial charge < -0.3 is 14.7 Å². The lowest BCUT2D eigenvalue weighted by Gasteiger charge is -2.29. The Morgan fingerprint density at radius 3 is 2.79 bits per heavy atom. The molecule has 1 aliphatic heterocycles. The molecule has 1 N–H and O–H groups in total. The number of rotatable bonds is 3. The number of nitrogens with zero attached hydrogens (tertiary/aromatic N) is 5. The highest BCUT2D eigenvalue weighted by molar-refractivity contribution is 5.92. The molecule has 0 bridgehead atoms. The van der Waals surface area contributed by atoms with Crippen LogP contribution in [-0.2, 0) is 13.0 Å². The molecule has 0 radical (unpaired) electrons. The van der Waals surface area contributed by atoms with E-state index in [1.807, 2.05) is 29.1 Å². The third kappa shape index (κ3) is 2.63. The number of aromatic hydroxyl groups is 1. The first kappa shape index (κ1) is 16.6. The van der Waals surface area contributed by atoms with Crippen molar-refractivity contribution in [2.24, 2.45) is 0 Å². The van der Waals surface area contributed by atoms with E-state index >= 15 is 0 Å². The fraction of sp³-hybridized carbons (Fsp3) is 0.190. The number of aromatic nitrogens is 4. The summed E-state index contributed by atoms with van der Waals surface area (Å²) in [4.78, 5) is 11.1. The minimum Gasteiger partial charge on any atom is -0.504 e. The summed E-state index contributed by atoms with van der Waals surface area (Å²) in [6, 6.07) is 13.6. The maximum atomic E-state index is 10.1. The van der Waals surface area contributed by atoms with Crippen molar-refractivity contribution in [2.75, 3.05) is 18.6 Å². The third-order valence-corrected chi connectivity index (χ3v) is 5.16. The SMILES string of the molecule is COc1cc2c(N3CCc4cnn(-c5ccccc5)c4C3)ncnc2cc1O. The Hall–Kier alpha value is -3.61. The van der Waals surface area contributed by atoms with E-state index in [-0.39, 0.29) is 5.75 Å². The molecule has 0 fully saturated rings. The van der Waals surface area contributed by atoms with Gasteiger partial charge in [0.15, 0.2) is 11.5 Å². The highest BCUT2D eigenvalue weighted by Crippen LogP contribution is 2.35. The number of phenolic OH excluding ortho intramolecular Hbond substituents is 1. The first-order chi connectivity index (χ1) is 13.7. The van der Waals surface area contributed by atoms with Crippen LogP contribution in [0.15, 0.2) is 55.0 Å². The van der Waals surface area contributed by atoms with Gasteiger partial charge in [0.2, 0.25) is 0 Å². The second-order valence-electron chi connectivity index (χ2n) is 6.77. The highest BCUT2D eigenvalue weighted by Gasteiger charge is 2.24. The number of phenols is 1. The van der Waals surface area contributed by atoms with E-state index in [1.165, 1.54) is 19.0 Å². The molecule has 0 saturated heterocycles. The molecule has 7 nitrogen and oxygen atoms in total. The number of ether oxygens (including phenoxy) is 1. The van der Waals surface area contributed by atoms with E-state index in [1.54, 1.807) is 12.1 Å². The third-order valence-electron chi connectivity index (χ3n) is 5.16. The topological polar surface area (TPSA) is 76.3 Å². The molecule has 7 heteroatoms. The fourth-order valence-electron chi connectivity index (χ4n) is 3.75. The van der Waals surface area contributed by atoms with Gasteiger partial charge in [-0.1, -0.05) is 18.2 Å². The van der Waals surface area contributed by atoms with Crippen LogP contribution in [0.1, 0.15) is 11.3 Å². The van der Waals surface area contributed by atoms with Crippen LogP contribution in [0.2, 0.25) is 0 Å². The Morgan fingerprint density at radius 2 is 1.96 bits per heavy atom.